The molecule has 0 aliphatic carbocycles. The van der Waals surface area contributed by atoms with Crippen molar-refractivity contribution in [3.05, 3.63) is 63.6 Å². The Hall–Kier alpha value is -1.32. The van der Waals surface area contributed by atoms with Crippen LogP contribution in [0.3, 0.4) is 0 Å². The lowest BCUT2D eigenvalue weighted by molar-refractivity contribution is 0.280. The van der Waals surface area contributed by atoms with Gasteiger partial charge in [0.2, 0.25) is 0 Å². The molecule has 0 spiro atoms. The van der Waals surface area contributed by atoms with Crippen molar-refractivity contribution in [3.63, 3.8) is 0 Å². The maximum absolute atomic E-state index is 6.65. The van der Waals surface area contributed by atoms with Crippen LogP contribution in [-0.4, -0.2) is 6.61 Å². The van der Waals surface area contributed by atoms with Crippen LogP contribution < -0.4 is 10.5 Å². The molecule has 1 aliphatic rings. The second-order valence-corrected chi connectivity index (χ2v) is 6.37. The normalized spacial score (nSPS) is 16.9. The van der Waals surface area contributed by atoms with Gasteiger partial charge in [-0.25, -0.2) is 0 Å². The summed E-state index contributed by atoms with van der Waals surface area (Å²) in [6, 6.07) is 14.4. The van der Waals surface area contributed by atoms with Crippen LogP contribution in [0.2, 0.25) is 0 Å². The Morgan fingerprint density at radius 1 is 1.20 bits per heavy atom. The summed E-state index contributed by atoms with van der Waals surface area (Å²) in [5.41, 5.74) is 9.49. The van der Waals surface area contributed by atoms with Crippen LogP contribution in [0, 0.1) is 0 Å². The van der Waals surface area contributed by atoms with E-state index in [1.165, 1.54) is 5.56 Å². The number of hydrogen-bond acceptors (Lipinski definition) is 2. The molecule has 1 heterocycles. The minimum Gasteiger partial charge on any atom is -0.493 e. The highest BCUT2D eigenvalue weighted by Gasteiger charge is 2.29. The van der Waals surface area contributed by atoms with Gasteiger partial charge in [-0.3, -0.25) is 0 Å². The van der Waals surface area contributed by atoms with E-state index in [4.69, 9.17) is 10.5 Å². The fourth-order valence-corrected chi connectivity index (χ4v) is 3.16. The fraction of sp³-hybridized carbons (Fsp3) is 0.294. The van der Waals surface area contributed by atoms with Crippen LogP contribution in [0.15, 0.2) is 46.9 Å². The van der Waals surface area contributed by atoms with Crippen LogP contribution in [-0.2, 0) is 12.0 Å². The van der Waals surface area contributed by atoms with Crippen LogP contribution in [0.5, 0.6) is 5.75 Å². The molecule has 1 unspecified atom stereocenters. The number of rotatable bonds is 2. The van der Waals surface area contributed by atoms with Crippen molar-refractivity contribution in [3.8, 4) is 5.75 Å². The molecule has 0 bridgehead atoms. The first-order valence-corrected chi connectivity index (χ1v) is 7.68. The summed E-state index contributed by atoms with van der Waals surface area (Å²) in [5.74, 6) is 0.976. The van der Waals surface area contributed by atoms with E-state index in [0.717, 1.165) is 40.8 Å². The number of nitrogens with two attached hydrogens (primary N) is 1. The molecule has 0 fully saturated rings. The van der Waals surface area contributed by atoms with E-state index in [1.54, 1.807) is 0 Å². The Morgan fingerprint density at radius 3 is 2.80 bits per heavy atom. The lowest BCUT2D eigenvalue weighted by Crippen LogP contribution is -2.35. The first kappa shape index (κ1) is 13.7. The molecular weight excluding hydrogens is 314 g/mol. The van der Waals surface area contributed by atoms with Gasteiger partial charge in [0.1, 0.15) is 5.75 Å². The molecule has 0 radical (unpaired) electrons. The highest BCUT2D eigenvalue weighted by Crippen LogP contribution is 2.38. The molecule has 0 aromatic heterocycles. The van der Waals surface area contributed by atoms with Crippen molar-refractivity contribution < 1.29 is 4.74 Å². The van der Waals surface area contributed by atoms with Crippen molar-refractivity contribution in [1.29, 1.82) is 0 Å². The van der Waals surface area contributed by atoms with E-state index in [-0.39, 0.29) is 0 Å². The van der Waals surface area contributed by atoms with Crippen LogP contribution in [0.25, 0.3) is 0 Å². The van der Waals surface area contributed by atoms with Gasteiger partial charge >= 0.3 is 0 Å². The van der Waals surface area contributed by atoms with E-state index < -0.39 is 5.54 Å². The summed E-state index contributed by atoms with van der Waals surface area (Å²) in [6.07, 6.45) is 2.15. The van der Waals surface area contributed by atoms with Crippen molar-refractivity contribution in [2.45, 2.75) is 25.3 Å². The lowest BCUT2D eigenvalue weighted by Gasteiger charge is -2.31. The zero-order chi connectivity index (χ0) is 14.2. The molecule has 104 valence electrons. The smallest absolute Gasteiger partial charge is 0.127 e. The Bertz CT molecular complexity index is 637. The van der Waals surface area contributed by atoms with Gasteiger partial charge in [0.25, 0.3) is 0 Å². The summed E-state index contributed by atoms with van der Waals surface area (Å²) in [4.78, 5) is 0. The quantitative estimate of drug-likeness (QED) is 0.902. The second-order valence-electron chi connectivity index (χ2n) is 5.46. The summed E-state index contributed by atoms with van der Waals surface area (Å²) < 4.78 is 6.94. The molecule has 1 atom stereocenters. The number of halogens is 1. The first-order chi connectivity index (χ1) is 9.59. The summed E-state index contributed by atoms with van der Waals surface area (Å²) in [6.45, 7) is 2.82. The average molecular weight is 332 g/mol. The summed E-state index contributed by atoms with van der Waals surface area (Å²) >= 11 is 3.52. The van der Waals surface area contributed by atoms with Crippen LogP contribution >= 0.6 is 15.9 Å². The van der Waals surface area contributed by atoms with Gasteiger partial charge in [0.15, 0.2) is 0 Å². The third-order valence-electron chi connectivity index (χ3n) is 3.92. The van der Waals surface area contributed by atoms with Gasteiger partial charge < -0.3 is 10.5 Å². The summed E-state index contributed by atoms with van der Waals surface area (Å²) in [5, 5.41) is 0. The van der Waals surface area contributed by atoms with Gasteiger partial charge in [-0.05, 0) is 43.0 Å². The Balaban J connectivity index is 2.12. The number of hydrogen-bond donors (Lipinski definition) is 1. The number of para-hydroxylation sites is 1. The Labute approximate surface area is 128 Å². The van der Waals surface area contributed by atoms with Crippen LogP contribution in [0.4, 0.5) is 0 Å². The molecule has 2 nitrogen and oxygen atoms in total. The zero-order valence-corrected chi connectivity index (χ0v) is 13.1. The van der Waals surface area contributed by atoms with Crippen molar-refractivity contribution in [2.24, 2.45) is 5.73 Å². The topological polar surface area (TPSA) is 35.2 Å². The molecule has 2 aromatic carbocycles. The Kier molecular flexibility index (Phi) is 3.57. The SMILES string of the molecule is CC(N)(c1cccc(Br)c1)c1cccc2c1OCCC2. The van der Waals surface area contributed by atoms with Crippen molar-refractivity contribution >= 4 is 15.9 Å². The van der Waals surface area contributed by atoms with E-state index in [1.807, 2.05) is 19.1 Å². The number of fused-ring (bicyclic) bond motifs is 1. The summed E-state index contributed by atoms with van der Waals surface area (Å²) in [7, 11) is 0. The highest BCUT2D eigenvalue weighted by atomic mass is 79.9. The number of benzene rings is 2. The molecule has 0 saturated carbocycles. The molecule has 2 aromatic rings. The predicted octanol–water partition coefficient (Wildman–Crippen LogP) is 4.00. The first-order valence-electron chi connectivity index (χ1n) is 6.89. The molecule has 0 saturated heterocycles. The van der Waals surface area contributed by atoms with Gasteiger partial charge in [0.05, 0.1) is 12.1 Å². The third kappa shape index (κ3) is 2.36. The molecule has 1 aliphatic heterocycles. The monoisotopic (exact) mass is 331 g/mol. The van der Waals surface area contributed by atoms with Gasteiger partial charge in [-0.2, -0.15) is 0 Å². The third-order valence-corrected chi connectivity index (χ3v) is 4.41. The molecule has 3 rings (SSSR count). The maximum Gasteiger partial charge on any atom is 0.127 e. The standard InChI is InChI=1S/C17H18BrNO/c1-17(19,13-7-3-8-14(18)11-13)15-9-2-5-12-6-4-10-20-16(12)15/h2-3,5,7-9,11H,4,6,10,19H2,1H3. The minimum atomic E-state index is -0.563. The van der Waals surface area contributed by atoms with Crippen molar-refractivity contribution in [2.75, 3.05) is 6.61 Å². The Morgan fingerprint density at radius 2 is 2.00 bits per heavy atom. The van der Waals surface area contributed by atoms with Gasteiger partial charge in [-0.1, -0.05) is 46.3 Å². The molecule has 3 heteroatoms. The van der Waals surface area contributed by atoms with E-state index in [0.29, 0.717) is 0 Å². The fourth-order valence-electron chi connectivity index (χ4n) is 2.76. The van der Waals surface area contributed by atoms with Gasteiger partial charge in [-0.15, -0.1) is 0 Å². The van der Waals surface area contributed by atoms with E-state index >= 15 is 0 Å². The van der Waals surface area contributed by atoms with Crippen molar-refractivity contribution in [1.82, 2.24) is 0 Å². The van der Waals surface area contributed by atoms with Gasteiger partial charge in [0, 0.05) is 10.0 Å². The zero-order valence-electron chi connectivity index (χ0n) is 11.5. The maximum atomic E-state index is 6.65. The minimum absolute atomic E-state index is 0.563. The molecule has 0 amide bonds. The largest absolute Gasteiger partial charge is 0.493 e. The average Bonchev–Trinajstić information content (AvgIpc) is 2.46. The second kappa shape index (κ2) is 5.23. The number of aryl methyl sites for hydroxylation is 1. The molecular formula is C17H18BrNO. The lowest BCUT2D eigenvalue weighted by atomic mass is 9.83. The molecule has 20 heavy (non-hydrogen) atoms. The number of ether oxygens (including phenoxy) is 1. The van der Waals surface area contributed by atoms with E-state index in [2.05, 4.69) is 46.3 Å². The molecule has 2 N–H and O–H groups in total. The van der Waals surface area contributed by atoms with Crippen LogP contribution in [0.1, 0.15) is 30.0 Å². The predicted molar refractivity (Wildman–Crippen MR) is 85.0 cm³/mol. The highest BCUT2D eigenvalue weighted by molar-refractivity contribution is 9.10. The van der Waals surface area contributed by atoms with E-state index in [9.17, 15) is 0 Å².